The molecule has 0 aliphatic carbocycles. The Bertz CT molecular complexity index is 718. The number of aryl methyl sites for hydroxylation is 2. The summed E-state index contributed by atoms with van der Waals surface area (Å²) in [6.45, 7) is 7.02. The molecule has 5 heterocycles. The number of hydrogen-bond donors (Lipinski definition) is 0. The maximum Gasteiger partial charge on any atom is 0.225 e. The molecule has 6 heteroatoms. The Hall–Kier alpha value is -2.21. The lowest BCUT2D eigenvalue weighted by Crippen LogP contribution is -2.68. The molecule has 0 N–H and O–H groups in total. The zero-order valence-electron chi connectivity index (χ0n) is 14.4. The third kappa shape index (κ3) is 2.82. The van der Waals surface area contributed by atoms with Crippen molar-refractivity contribution in [3.05, 3.63) is 41.3 Å². The molecule has 0 radical (unpaired) electrons. The lowest BCUT2D eigenvalue weighted by Gasteiger charge is -2.56. The lowest BCUT2D eigenvalue weighted by molar-refractivity contribution is -0.00903. The van der Waals surface area contributed by atoms with Crippen LogP contribution in [0.2, 0.25) is 0 Å². The van der Waals surface area contributed by atoms with Crippen molar-refractivity contribution >= 4 is 5.95 Å². The number of hydrogen-bond acceptors (Lipinski definition) is 6. The summed E-state index contributed by atoms with van der Waals surface area (Å²) >= 11 is 0. The summed E-state index contributed by atoms with van der Waals surface area (Å²) in [5.41, 5.74) is 3.34. The van der Waals surface area contributed by atoms with Gasteiger partial charge in [0.25, 0.3) is 0 Å². The minimum absolute atomic E-state index is 0.576. The number of rotatable bonds is 4. The fraction of sp³-hybridized carbons (Fsp3) is 0.500. The van der Waals surface area contributed by atoms with Crippen molar-refractivity contribution in [2.75, 3.05) is 25.1 Å². The summed E-state index contributed by atoms with van der Waals surface area (Å²) in [4.78, 5) is 18.3. The predicted molar refractivity (Wildman–Crippen MR) is 92.2 cm³/mol. The highest BCUT2D eigenvalue weighted by atomic mass is 16.5. The predicted octanol–water partition coefficient (Wildman–Crippen LogP) is 1.96. The van der Waals surface area contributed by atoms with E-state index in [-0.39, 0.29) is 0 Å². The number of methoxy groups -OCH3 is 1. The van der Waals surface area contributed by atoms with Crippen LogP contribution in [0.25, 0.3) is 0 Å². The summed E-state index contributed by atoms with van der Waals surface area (Å²) in [6.07, 6.45) is 3.09. The van der Waals surface area contributed by atoms with Crippen LogP contribution in [-0.4, -0.2) is 52.1 Å². The third-order valence-corrected chi connectivity index (χ3v) is 4.97. The van der Waals surface area contributed by atoms with Crippen LogP contribution in [0, 0.1) is 13.8 Å². The van der Waals surface area contributed by atoms with Crippen molar-refractivity contribution in [1.82, 2.24) is 19.9 Å². The molecule has 0 saturated carbocycles. The Balaban J connectivity index is 1.44. The van der Waals surface area contributed by atoms with E-state index in [0.717, 1.165) is 37.0 Å². The first-order chi connectivity index (χ1) is 11.6. The number of nitrogens with zero attached hydrogens (tertiary/aromatic N) is 5. The van der Waals surface area contributed by atoms with E-state index < -0.39 is 0 Å². The van der Waals surface area contributed by atoms with Crippen LogP contribution in [0.1, 0.15) is 23.4 Å². The Kier molecular flexibility index (Phi) is 3.84. The summed E-state index contributed by atoms with van der Waals surface area (Å²) in [5.74, 6) is 1.57. The first kappa shape index (κ1) is 15.3. The number of piperidine rings is 1. The molecule has 0 aromatic carbocycles. The van der Waals surface area contributed by atoms with Gasteiger partial charge >= 0.3 is 0 Å². The monoisotopic (exact) mass is 325 g/mol. The van der Waals surface area contributed by atoms with E-state index >= 15 is 0 Å². The Morgan fingerprint density at radius 3 is 2.50 bits per heavy atom. The number of anilines is 1. The van der Waals surface area contributed by atoms with Crippen molar-refractivity contribution < 1.29 is 4.74 Å². The first-order valence-electron chi connectivity index (χ1n) is 8.44. The van der Waals surface area contributed by atoms with Crippen LogP contribution in [-0.2, 0) is 6.54 Å². The largest absolute Gasteiger partial charge is 0.481 e. The number of piperazine rings is 1. The van der Waals surface area contributed by atoms with Gasteiger partial charge < -0.3 is 9.64 Å². The maximum atomic E-state index is 5.22. The maximum absolute atomic E-state index is 5.22. The minimum atomic E-state index is 0.576. The van der Waals surface area contributed by atoms with E-state index in [1.165, 1.54) is 12.0 Å². The molecule has 3 fully saturated rings. The normalized spacial score (nSPS) is 23.0. The van der Waals surface area contributed by atoms with Crippen LogP contribution in [0.4, 0.5) is 5.95 Å². The highest BCUT2D eigenvalue weighted by Crippen LogP contribution is 2.35. The number of fused-ring (bicyclic) bond motifs is 2. The average Bonchev–Trinajstić information content (AvgIpc) is 2.59. The quantitative estimate of drug-likeness (QED) is 0.856. The van der Waals surface area contributed by atoms with Gasteiger partial charge in [0.2, 0.25) is 11.8 Å². The summed E-state index contributed by atoms with van der Waals surface area (Å²) < 4.78 is 5.22. The van der Waals surface area contributed by atoms with Gasteiger partial charge in [-0.2, -0.15) is 0 Å². The topological polar surface area (TPSA) is 54.4 Å². The van der Waals surface area contributed by atoms with Gasteiger partial charge in [-0.3, -0.25) is 4.90 Å². The van der Waals surface area contributed by atoms with Crippen molar-refractivity contribution in [1.29, 1.82) is 0 Å². The number of pyridine rings is 1. The van der Waals surface area contributed by atoms with Gasteiger partial charge in [-0.25, -0.2) is 15.0 Å². The number of ether oxygens (including phenoxy) is 1. The second-order valence-electron chi connectivity index (χ2n) is 6.78. The van der Waals surface area contributed by atoms with Crippen molar-refractivity contribution in [2.24, 2.45) is 0 Å². The van der Waals surface area contributed by atoms with Crippen LogP contribution in [0.3, 0.4) is 0 Å². The summed E-state index contributed by atoms with van der Waals surface area (Å²) in [5, 5.41) is 0. The second kappa shape index (κ2) is 6.02. The molecular weight excluding hydrogens is 302 g/mol. The molecule has 24 heavy (non-hydrogen) atoms. The van der Waals surface area contributed by atoms with Gasteiger partial charge in [0.15, 0.2) is 0 Å². The van der Waals surface area contributed by atoms with Crippen LogP contribution in [0.5, 0.6) is 5.88 Å². The van der Waals surface area contributed by atoms with E-state index in [1.807, 2.05) is 32.2 Å². The molecule has 2 aromatic heterocycles. The Labute approximate surface area is 142 Å². The molecule has 126 valence electrons. The standard InChI is InChI=1S/C18H23N5O/c1-12-6-13(2)21-18(20-12)22-10-15-8-16(11-22)23(15)9-14-4-5-19-17(7-14)24-3/h4-7,15-16H,8-11H2,1-3H3. The second-order valence-corrected chi connectivity index (χ2v) is 6.78. The van der Waals surface area contributed by atoms with Gasteiger partial charge in [0.05, 0.1) is 7.11 Å². The lowest BCUT2D eigenvalue weighted by atomic mass is 9.87. The van der Waals surface area contributed by atoms with Gasteiger partial charge in [-0.1, -0.05) is 0 Å². The fourth-order valence-electron chi connectivity index (χ4n) is 3.83. The van der Waals surface area contributed by atoms with Gasteiger partial charge in [0, 0.05) is 55.4 Å². The molecule has 2 bridgehead atoms. The van der Waals surface area contributed by atoms with Gasteiger partial charge in [-0.15, -0.1) is 0 Å². The molecule has 0 amide bonds. The SMILES string of the molecule is COc1cc(CN2C3CC2CN(c2nc(C)cc(C)n2)C3)ccn1. The molecule has 2 atom stereocenters. The zero-order chi connectivity index (χ0) is 16.7. The summed E-state index contributed by atoms with van der Waals surface area (Å²) in [6, 6.07) is 7.27. The minimum Gasteiger partial charge on any atom is -0.481 e. The van der Waals surface area contributed by atoms with E-state index in [2.05, 4.69) is 30.8 Å². The number of aromatic nitrogens is 3. The molecule has 3 aliphatic rings. The molecule has 2 unspecified atom stereocenters. The Morgan fingerprint density at radius 1 is 1.12 bits per heavy atom. The molecule has 0 spiro atoms. The molecule has 6 nitrogen and oxygen atoms in total. The fourth-order valence-corrected chi connectivity index (χ4v) is 3.83. The third-order valence-electron chi connectivity index (χ3n) is 4.97. The van der Waals surface area contributed by atoms with E-state index in [1.54, 1.807) is 7.11 Å². The highest BCUT2D eigenvalue weighted by Gasteiger charge is 2.45. The Morgan fingerprint density at radius 2 is 1.83 bits per heavy atom. The van der Waals surface area contributed by atoms with Crippen LogP contribution < -0.4 is 9.64 Å². The van der Waals surface area contributed by atoms with Crippen molar-refractivity contribution in [2.45, 2.75) is 38.9 Å². The molecule has 3 aliphatic heterocycles. The van der Waals surface area contributed by atoms with Crippen LogP contribution in [0.15, 0.2) is 24.4 Å². The molecule has 3 saturated heterocycles. The van der Waals surface area contributed by atoms with E-state index in [9.17, 15) is 0 Å². The van der Waals surface area contributed by atoms with Gasteiger partial charge in [0.1, 0.15) is 0 Å². The molecule has 2 aromatic rings. The first-order valence-corrected chi connectivity index (χ1v) is 8.44. The molecular formula is C18H23N5O. The highest BCUT2D eigenvalue weighted by molar-refractivity contribution is 5.36. The average molecular weight is 325 g/mol. The van der Waals surface area contributed by atoms with E-state index in [0.29, 0.717) is 18.0 Å². The van der Waals surface area contributed by atoms with Crippen LogP contribution >= 0.6 is 0 Å². The molecule has 5 rings (SSSR count). The van der Waals surface area contributed by atoms with Crippen molar-refractivity contribution in [3.8, 4) is 5.88 Å². The van der Waals surface area contributed by atoms with E-state index in [4.69, 9.17) is 4.74 Å². The van der Waals surface area contributed by atoms with Gasteiger partial charge in [-0.05, 0) is 38.0 Å². The zero-order valence-corrected chi connectivity index (χ0v) is 14.4. The summed E-state index contributed by atoms with van der Waals surface area (Å²) in [7, 11) is 1.66. The van der Waals surface area contributed by atoms with Crippen molar-refractivity contribution in [3.63, 3.8) is 0 Å². The smallest absolute Gasteiger partial charge is 0.225 e.